The molecule has 11 heteroatoms. The highest BCUT2D eigenvalue weighted by atomic mass is 19.1. The van der Waals surface area contributed by atoms with Gasteiger partial charge in [-0.05, 0) is 24.6 Å². The lowest BCUT2D eigenvalue weighted by Gasteiger charge is -2.08. The minimum Gasteiger partial charge on any atom is -0.480 e. The van der Waals surface area contributed by atoms with Crippen molar-refractivity contribution in [3.63, 3.8) is 0 Å². The topological polar surface area (TPSA) is 115 Å². The Bertz CT molecular complexity index is 1350. The number of carbonyl (C=O) groups excluding carboxylic acids is 1. The number of amides is 1. The fourth-order valence-electron chi connectivity index (χ4n) is 3.30. The zero-order valence-electron chi connectivity index (χ0n) is 17.1. The summed E-state index contributed by atoms with van der Waals surface area (Å²) in [5, 5.41) is 20.3. The summed E-state index contributed by atoms with van der Waals surface area (Å²) >= 11 is 0. The number of nitrogens with zero attached hydrogens (tertiary/aromatic N) is 5. The molecule has 1 aromatic carbocycles. The second-order valence-electron chi connectivity index (χ2n) is 7.15. The van der Waals surface area contributed by atoms with Crippen LogP contribution >= 0.6 is 0 Å². The van der Waals surface area contributed by atoms with Gasteiger partial charge in [0.25, 0.3) is 5.91 Å². The molecule has 2 N–H and O–H groups in total. The Morgan fingerprint density at radius 1 is 1.19 bits per heavy atom. The van der Waals surface area contributed by atoms with Gasteiger partial charge in [-0.1, -0.05) is 6.92 Å². The van der Waals surface area contributed by atoms with Gasteiger partial charge in [-0.15, -0.1) is 0 Å². The third-order valence-electron chi connectivity index (χ3n) is 4.91. The van der Waals surface area contributed by atoms with E-state index in [2.05, 4.69) is 20.5 Å². The number of rotatable bonds is 6. The average Bonchev–Trinajstić information content (AvgIpc) is 3.34. The third kappa shape index (κ3) is 3.92. The minimum atomic E-state index is -1.05. The summed E-state index contributed by atoms with van der Waals surface area (Å²) in [6.07, 6.45) is 4.74. The van der Waals surface area contributed by atoms with Gasteiger partial charge in [0.15, 0.2) is 0 Å². The summed E-state index contributed by atoms with van der Waals surface area (Å²) in [5.41, 5.74) is 0.335. The Morgan fingerprint density at radius 2 is 1.97 bits per heavy atom. The molecule has 164 valence electrons. The van der Waals surface area contributed by atoms with Gasteiger partial charge in [0, 0.05) is 36.5 Å². The normalized spacial score (nSPS) is 12.1. The van der Waals surface area contributed by atoms with Crippen LogP contribution in [0.25, 0.3) is 22.2 Å². The summed E-state index contributed by atoms with van der Waals surface area (Å²) < 4.78 is 31.5. The summed E-state index contributed by atoms with van der Waals surface area (Å²) in [6.45, 7) is 1.70. The van der Waals surface area contributed by atoms with Crippen molar-refractivity contribution in [3.8, 4) is 11.3 Å². The van der Waals surface area contributed by atoms with Crippen molar-refractivity contribution < 1.29 is 23.5 Å². The van der Waals surface area contributed by atoms with Crippen molar-refractivity contribution in [3.05, 3.63) is 60.2 Å². The molecule has 4 aromatic rings. The first-order valence-electron chi connectivity index (χ1n) is 9.65. The van der Waals surface area contributed by atoms with Crippen molar-refractivity contribution in [1.29, 1.82) is 0 Å². The van der Waals surface area contributed by atoms with E-state index >= 15 is 0 Å². The third-order valence-corrected chi connectivity index (χ3v) is 4.91. The van der Waals surface area contributed by atoms with Gasteiger partial charge in [0.1, 0.15) is 29.1 Å². The minimum absolute atomic E-state index is 0.0535. The first-order valence-corrected chi connectivity index (χ1v) is 9.65. The summed E-state index contributed by atoms with van der Waals surface area (Å²) in [4.78, 5) is 28.1. The fraction of sp³-hybridized carbons (Fsp3) is 0.190. The zero-order valence-corrected chi connectivity index (χ0v) is 17.1. The van der Waals surface area contributed by atoms with Crippen molar-refractivity contribution in [1.82, 2.24) is 24.5 Å². The number of pyridine rings is 1. The fourth-order valence-corrected chi connectivity index (χ4v) is 3.30. The van der Waals surface area contributed by atoms with Crippen molar-refractivity contribution in [2.24, 2.45) is 7.05 Å². The van der Waals surface area contributed by atoms with Gasteiger partial charge in [-0.25, -0.2) is 18.6 Å². The molecular formula is C21H18F2N6O3. The molecule has 1 amide bonds. The lowest BCUT2D eigenvalue weighted by Crippen LogP contribution is -2.18. The number of anilines is 1. The molecule has 0 saturated carbocycles. The maximum atomic E-state index is 14.6. The largest absolute Gasteiger partial charge is 0.480 e. The monoisotopic (exact) mass is 440 g/mol. The van der Waals surface area contributed by atoms with Crippen molar-refractivity contribution in [2.45, 2.75) is 19.4 Å². The van der Waals surface area contributed by atoms with E-state index in [0.29, 0.717) is 17.4 Å². The number of fused-ring (bicyclic) bond motifs is 1. The predicted octanol–water partition coefficient (Wildman–Crippen LogP) is 3.40. The van der Waals surface area contributed by atoms with Gasteiger partial charge in [-0.2, -0.15) is 10.2 Å². The van der Waals surface area contributed by atoms with E-state index in [4.69, 9.17) is 0 Å². The molecule has 0 fully saturated rings. The highest BCUT2D eigenvalue weighted by Crippen LogP contribution is 2.25. The maximum absolute atomic E-state index is 14.6. The van der Waals surface area contributed by atoms with E-state index in [0.717, 1.165) is 12.1 Å². The van der Waals surface area contributed by atoms with E-state index in [1.54, 1.807) is 20.2 Å². The maximum Gasteiger partial charge on any atom is 0.328 e. The number of carbonyl (C=O) groups is 2. The molecule has 0 aliphatic rings. The van der Waals surface area contributed by atoms with Crippen LogP contribution < -0.4 is 5.32 Å². The van der Waals surface area contributed by atoms with E-state index in [9.17, 15) is 23.5 Å². The molecule has 4 rings (SSSR count). The number of aryl methyl sites for hydroxylation is 1. The summed E-state index contributed by atoms with van der Waals surface area (Å²) in [6, 6.07) is 3.86. The van der Waals surface area contributed by atoms with Crippen molar-refractivity contribution >= 4 is 28.5 Å². The smallest absolute Gasteiger partial charge is 0.328 e. The van der Waals surface area contributed by atoms with Crippen LogP contribution in [0.15, 0.2) is 42.9 Å². The Kier molecular flexibility index (Phi) is 5.39. The molecule has 3 aromatic heterocycles. The number of hydrogen-bond acceptors (Lipinski definition) is 5. The van der Waals surface area contributed by atoms with Crippen LogP contribution in [-0.2, 0) is 11.8 Å². The number of halogens is 2. The quantitative estimate of drug-likeness (QED) is 0.475. The average molecular weight is 440 g/mol. The highest BCUT2D eigenvalue weighted by molar-refractivity contribution is 6.04. The molecule has 3 heterocycles. The van der Waals surface area contributed by atoms with E-state index in [1.165, 1.54) is 33.9 Å². The molecule has 0 spiro atoms. The number of carboxylic acids is 1. The van der Waals surface area contributed by atoms with Crippen LogP contribution in [0.4, 0.5) is 14.5 Å². The first kappa shape index (κ1) is 21.1. The summed E-state index contributed by atoms with van der Waals surface area (Å²) in [5.74, 6) is -3.17. The van der Waals surface area contributed by atoms with E-state index in [-0.39, 0.29) is 22.6 Å². The number of carboxylic acid groups (broad SMARTS) is 1. The standard InChI is InChI=1S/C21H18F2N6O3/c1-3-18(21(31)32)29-10-11-6-17(14(23)7-16(11)27-29)26-20(30)15-5-4-13(22)19(25-15)12-8-24-28(2)9-12/h4-10,18H,3H2,1-2H3,(H,26,30)(H,31,32). The predicted molar refractivity (Wildman–Crippen MR) is 111 cm³/mol. The van der Waals surface area contributed by atoms with Gasteiger partial charge < -0.3 is 10.4 Å². The molecule has 0 radical (unpaired) electrons. The molecule has 0 aliphatic heterocycles. The number of aliphatic carboxylic acids is 1. The van der Waals surface area contributed by atoms with Crippen LogP contribution in [0.1, 0.15) is 29.9 Å². The van der Waals surface area contributed by atoms with Crippen LogP contribution in [0.5, 0.6) is 0 Å². The van der Waals surface area contributed by atoms with Crippen molar-refractivity contribution in [2.75, 3.05) is 5.32 Å². The van der Waals surface area contributed by atoms with Crippen LogP contribution in [-0.4, -0.2) is 41.5 Å². The van der Waals surface area contributed by atoms with E-state index < -0.39 is 29.6 Å². The SMILES string of the molecule is CCC(C(=O)O)n1cc2cc(NC(=O)c3ccc(F)c(-c4cnn(C)c4)n3)c(F)cc2n1. The van der Waals surface area contributed by atoms with E-state index in [1.807, 2.05) is 0 Å². The lowest BCUT2D eigenvalue weighted by molar-refractivity contribution is -0.141. The van der Waals surface area contributed by atoms with Crippen LogP contribution in [0.2, 0.25) is 0 Å². The molecule has 0 aliphatic carbocycles. The highest BCUT2D eigenvalue weighted by Gasteiger charge is 2.20. The molecule has 0 bridgehead atoms. The Balaban J connectivity index is 1.64. The molecule has 1 unspecified atom stereocenters. The number of aromatic nitrogens is 5. The first-order chi connectivity index (χ1) is 15.3. The Labute approximate surface area is 180 Å². The van der Waals surface area contributed by atoms with Gasteiger partial charge >= 0.3 is 5.97 Å². The molecule has 9 nitrogen and oxygen atoms in total. The Morgan fingerprint density at radius 3 is 2.62 bits per heavy atom. The zero-order chi connectivity index (χ0) is 23.0. The lowest BCUT2D eigenvalue weighted by atomic mass is 10.2. The second-order valence-corrected chi connectivity index (χ2v) is 7.15. The molecule has 32 heavy (non-hydrogen) atoms. The molecule has 0 saturated heterocycles. The van der Waals surface area contributed by atoms with Gasteiger partial charge in [-0.3, -0.25) is 14.2 Å². The number of hydrogen-bond donors (Lipinski definition) is 2. The van der Waals surface area contributed by atoms with Gasteiger partial charge in [0.05, 0.1) is 17.4 Å². The van der Waals surface area contributed by atoms with Crippen LogP contribution in [0.3, 0.4) is 0 Å². The van der Waals surface area contributed by atoms with Crippen LogP contribution in [0, 0.1) is 11.6 Å². The number of benzene rings is 1. The molecule has 1 atom stereocenters. The summed E-state index contributed by atoms with van der Waals surface area (Å²) in [7, 11) is 1.66. The molecular weight excluding hydrogens is 422 g/mol. The number of nitrogens with one attached hydrogen (secondary N) is 1. The van der Waals surface area contributed by atoms with Gasteiger partial charge in [0.2, 0.25) is 0 Å². The second kappa shape index (κ2) is 8.17. The Hall–Kier alpha value is -4.15.